The van der Waals surface area contributed by atoms with E-state index in [-0.39, 0.29) is 12.4 Å². The number of aromatic nitrogens is 2. The van der Waals surface area contributed by atoms with Crippen LogP contribution in [0.1, 0.15) is 20.8 Å². The van der Waals surface area contributed by atoms with E-state index in [0.717, 1.165) is 6.20 Å². The molecule has 18 heavy (non-hydrogen) atoms. The average molecular weight is 256 g/mol. The number of nitrogens with zero attached hydrogens (tertiary/aromatic N) is 2. The zero-order valence-electron chi connectivity index (χ0n) is 10.7. The van der Waals surface area contributed by atoms with E-state index in [1.165, 1.54) is 0 Å². The van der Waals surface area contributed by atoms with Crippen LogP contribution >= 0.6 is 0 Å². The van der Waals surface area contributed by atoms with E-state index < -0.39 is 17.8 Å². The van der Waals surface area contributed by atoms with E-state index >= 15 is 0 Å². The van der Waals surface area contributed by atoms with Gasteiger partial charge in [0.05, 0.1) is 12.8 Å². The van der Waals surface area contributed by atoms with E-state index in [1.807, 2.05) is 6.92 Å². The summed E-state index contributed by atoms with van der Waals surface area (Å²) in [7, 11) is 0. The molecular weight excluding hydrogens is 239 g/mol. The van der Waals surface area contributed by atoms with Crippen molar-refractivity contribution in [3.63, 3.8) is 0 Å². The minimum absolute atomic E-state index is 0.0264. The molecule has 0 aliphatic carbocycles. The Balaban J connectivity index is 2.76. The van der Waals surface area contributed by atoms with Crippen LogP contribution in [0.2, 0.25) is 0 Å². The van der Waals surface area contributed by atoms with Gasteiger partial charge < -0.3 is 15.4 Å². The summed E-state index contributed by atoms with van der Waals surface area (Å²) >= 11 is 0. The standard InChI is InChI=1S/C11H17FN4O2/c1-4-13-11-14-6-8(12)9(16-11)15-7(3)10(17)18-5-2/h6-7H,4-5H2,1-3H3,(H2,13,14,15,16). The van der Waals surface area contributed by atoms with Gasteiger partial charge in [0.15, 0.2) is 11.6 Å². The molecule has 2 N–H and O–H groups in total. The van der Waals surface area contributed by atoms with Gasteiger partial charge in [0.2, 0.25) is 5.95 Å². The van der Waals surface area contributed by atoms with Gasteiger partial charge in [-0.05, 0) is 20.8 Å². The summed E-state index contributed by atoms with van der Waals surface area (Å²) in [6.07, 6.45) is 1.05. The molecule has 1 rings (SSSR count). The molecule has 1 atom stereocenters. The van der Waals surface area contributed by atoms with Crippen molar-refractivity contribution in [1.82, 2.24) is 9.97 Å². The van der Waals surface area contributed by atoms with Crippen LogP contribution in [0.3, 0.4) is 0 Å². The third-order valence-corrected chi connectivity index (χ3v) is 2.07. The number of halogens is 1. The Bertz CT molecular complexity index is 414. The molecule has 1 aromatic rings. The molecule has 6 nitrogen and oxygen atoms in total. The quantitative estimate of drug-likeness (QED) is 0.749. The highest BCUT2D eigenvalue weighted by Crippen LogP contribution is 2.13. The zero-order chi connectivity index (χ0) is 13.5. The molecule has 1 aromatic heterocycles. The van der Waals surface area contributed by atoms with E-state index in [4.69, 9.17) is 4.74 Å². The Hall–Kier alpha value is -1.92. The molecule has 0 aliphatic rings. The maximum atomic E-state index is 13.5. The number of carbonyl (C=O) groups excluding carboxylic acids is 1. The van der Waals surface area contributed by atoms with Crippen molar-refractivity contribution in [1.29, 1.82) is 0 Å². The molecule has 1 unspecified atom stereocenters. The van der Waals surface area contributed by atoms with Gasteiger partial charge in [-0.15, -0.1) is 0 Å². The molecular formula is C11H17FN4O2. The first-order chi connectivity index (χ1) is 8.58. The minimum atomic E-state index is -0.677. The Morgan fingerprint density at radius 2 is 2.28 bits per heavy atom. The zero-order valence-corrected chi connectivity index (χ0v) is 10.7. The second kappa shape index (κ2) is 6.73. The topological polar surface area (TPSA) is 76.1 Å². The summed E-state index contributed by atoms with van der Waals surface area (Å²) in [6, 6.07) is -0.677. The third kappa shape index (κ3) is 3.83. The maximum absolute atomic E-state index is 13.5. The number of ether oxygens (including phenoxy) is 1. The van der Waals surface area contributed by atoms with Crippen molar-refractivity contribution >= 4 is 17.7 Å². The Kier molecular flexibility index (Phi) is 5.29. The van der Waals surface area contributed by atoms with Crippen molar-refractivity contribution in [2.24, 2.45) is 0 Å². The van der Waals surface area contributed by atoms with Gasteiger partial charge in [-0.25, -0.2) is 14.2 Å². The van der Waals surface area contributed by atoms with Crippen molar-refractivity contribution < 1.29 is 13.9 Å². The molecule has 0 aromatic carbocycles. The third-order valence-electron chi connectivity index (χ3n) is 2.07. The molecule has 0 saturated carbocycles. The fraction of sp³-hybridized carbons (Fsp3) is 0.545. The van der Waals surface area contributed by atoms with E-state index in [9.17, 15) is 9.18 Å². The van der Waals surface area contributed by atoms with Crippen LogP contribution in [0.4, 0.5) is 16.2 Å². The summed E-state index contributed by atoms with van der Waals surface area (Å²) in [5.74, 6) is -0.799. The summed E-state index contributed by atoms with van der Waals surface area (Å²) in [6.45, 7) is 6.06. The molecule has 0 amide bonds. The van der Waals surface area contributed by atoms with Crippen LogP contribution in [0, 0.1) is 5.82 Å². The molecule has 1 heterocycles. The maximum Gasteiger partial charge on any atom is 0.328 e. The van der Waals surface area contributed by atoms with Gasteiger partial charge in [0, 0.05) is 6.54 Å². The predicted octanol–water partition coefficient (Wildman–Crippen LogP) is 1.41. The van der Waals surface area contributed by atoms with Gasteiger partial charge in [-0.1, -0.05) is 0 Å². The molecule has 0 fully saturated rings. The Morgan fingerprint density at radius 3 is 2.89 bits per heavy atom. The normalized spacial score (nSPS) is 11.8. The first-order valence-electron chi connectivity index (χ1n) is 5.78. The minimum Gasteiger partial charge on any atom is -0.464 e. The molecule has 0 bridgehead atoms. The van der Waals surface area contributed by atoms with Crippen LogP contribution in [-0.2, 0) is 9.53 Å². The summed E-state index contributed by atoms with van der Waals surface area (Å²) in [4.78, 5) is 19.1. The fourth-order valence-electron chi connectivity index (χ4n) is 1.24. The van der Waals surface area contributed by atoms with E-state index in [1.54, 1.807) is 13.8 Å². The number of carbonyl (C=O) groups is 1. The van der Waals surface area contributed by atoms with Crippen LogP contribution in [-0.4, -0.2) is 35.1 Å². The van der Waals surface area contributed by atoms with Crippen molar-refractivity contribution in [2.45, 2.75) is 26.8 Å². The van der Waals surface area contributed by atoms with Crippen LogP contribution in [0.25, 0.3) is 0 Å². The second-order valence-corrected chi connectivity index (χ2v) is 3.54. The predicted molar refractivity (Wildman–Crippen MR) is 65.9 cm³/mol. The second-order valence-electron chi connectivity index (χ2n) is 3.54. The summed E-state index contributed by atoms with van der Waals surface area (Å²) in [5, 5.41) is 5.51. The van der Waals surface area contributed by atoms with Crippen LogP contribution in [0.15, 0.2) is 6.20 Å². The van der Waals surface area contributed by atoms with Crippen LogP contribution < -0.4 is 10.6 Å². The SMILES string of the molecule is CCNc1ncc(F)c(NC(C)C(=O)OCC)n1. The Labute approximate surface area is 105 Å². The number of rotatable bonds is 6. The highest BCUT2D eigenvalue weighted by Gasteiger charge is 2.16. The molecule has 0 aliphatic heterocycles. The summed E-state index contributed by atoms with van der Waals surface area (Å²) < 4.78 is 18.3. The lowest BCUT2D eigenvalue weighted by Gasteiger charge is -2.14. The summed E-state index contributed by atoms with van der Waals surface area (Å²) in [5.41, 5.74) is 0. The van der Waals surface area contributed by atoms with Gasteiger partial charge in [0.1, 0.15) is 6.04 Å². The van der Waals surface area contributed by atoms with Crippen molar-refractivity contribution in [3.05, 3.63) is 12.0 Å². The number of anilines is 2. The lowest BCUT2D eigenvalue weighted by Crippen LogP contribution is -2.29. The monoisotopic (exact) mass is 256 g/mol. The smallest absolute Gasteiger partial charge is 0.328 e. The molecule has 0 saturated heterocycles. The first-order valence-corrected chi connectivity index (χ1v) is 5.78. The number of nitrogens with one attached hydrogen (secondary N) is 2. The molecule has 0 radical (unpaired) electrons. The number of esters is 1. The number of hydrogen-bond acceptors (Lipinski definition) is 6. The van der Waals surface area contributed by atoms with Crippen molar-refractivity contribution in [2.75, 3.05) is 23.8 Å². The van der Waals surface area contributed by atoms with Gasteiger partial charge in [-0.3, -0.25) is 0 Å². The number of hydrogen-bond donors (Lipinski definition) is 2. The lowest BCUT2D eigenvalue weighted by molar-refractivity contribution is -0.143. The van der Waals surface area contributed by atoms with Gasteiger partial charge >= 0.3 is 5.97 Å². The van der Waals surface area contributed by atoms with Crippen molar-refractivity contribution in [3.8, 4) is 0 Å². The van der Waals surface area contributed by atoms with E-state index in [2.05, 4.69) is 20.6 Å². The van der Waals surface area contributed by atoms with Gasteiger partial charge in [0.25, 0.3) is 0 Å². The highest BCUT2D eigenvalue weighted by molar-refractivity contribution is 5.78. The molecule has 0 spiro atoms. The highest BCUT2D eigenvalue weighted by atomic mass is 19.1. The van der Waals surface area contributed by atoms with E-state index in [0.29, 0.717) is 12.5 Å². The Morgan fingerprint density at radius 1 is 1.56 bits per heavy atom. The average Bonchev–Trinajstić information content (AvgIpc) is 2.34. The van der Waals surface area contributed by atoms with Crippen LogP contribution in [0.5, 0.6) is 0 Å². The molecule has 7 heteroatoms. The molecule has 100 valence electrons. The lowest BCUT2D eigenvalue weighted by atomic mass is 10.3. The first kappa shape index (κ1) is 14.1. The van der Waals surface area contributed by atoms with Gasteiger partial charge in [-0.2, -0.15) is 4.98 Å². The largest absolute Gasteiger partial charge is 0.464 e. The fourth-order valence-corrected chi connectivity index (χ4v) is 1.24.